The number of carbonyl (C=O) groups is 1. The monoisotopic (exact) mass is 500 g/mol. The average molecular weight is 500 g/mol. The molecule has 8 nitrogen and oxygen atoms in total. The Morgan fingerprint density at radius 3 is 2.54 bits per heavy atom. The number of nitrogens with zero attached hydrogens (tertiary/aromatic N) is 1. The van der Waals surface area contributed by atoms with E-state index in [1.165, 1.54) is 35.6 Å². The maximum absolute atomic E-state index is 13.5. The van der Waals surface area contributed by atoms with Gasteiger partial charge in [0.05, 0.1) is 17.5 Å². The number of anilines is 1. The van der Waals surface area contributed by atoms with E-state index >= 15 is 0 Å². The summed E-state index contributed by atoms with van der Waals surface area (Å²) in [6.45, 7) is 0.430. The van der Waals surface area contributed by atoms with Crippen LogP contribution in [0.1, 0.15) is 34.7 Å². The third-order valence-corrected chi connectivity index (χ3v) is 7.71. The fraction of sp³-hybridized carbons (Fsp3) is 0.375. The first-order chi connectivity index (χ1) is 16.7. The zero-order valence-corrected chi connectivity index (χ0v) is 20.3. The Balaban J connectivity index is 1.69. The first-order valence-electron chi connectivity index (χ1n) is 11.5. The van der Waals surface area contributed by atoms with Crippen molar-refractivity contribution in [2.24, 2.45) is 5.92 Å². The summed E-state index contributed by atoms with van der Waals surface area (Å²) in [6.07, 6.45) is 3.34. The number of furan rings is 1. The summed E-state index contributed by atoms with van der Waals surface area (Å²) in [4.78, 5) is 12.9. The number of sulfonamides is 1. The molecule has 1 aliphatic carbocycles. The van der Waals surface area contributed by atoms with Crippen LogP contribution in [0.3, 0.4) is 0 Å². The molecular weight excluding hydrogens is 474 g/mol. The van der Waals surface area contributed by atoms with Gasteiger partial charge in [0.2, 0.25) is 10.0 Å². The molecule has 0 radical (unpaired) electrons. The number of fused-ring (bicyclic) bond motifs is 1. The van der Waals surface area contributed by atoms with Gasteiger partial charge in [-0.05, 0) is 66.9 Å². The van der Waals surface area contributed by atoms with Crippen LogP contribution in [0, 0.1) is 11.7 Å². The molecule has 2 heterocycles. The van der Waals surface area contributed by atoms with Gasteiger partial charge >= 0.3 is 7.12 Å². The molecule has 1 aromatic heterocycles. The van der Waals surface area contributed by atoms with Gasteiger partial charge in [-0.3, -0.25) is 9.10 Å². The van der Waals surface area contributed by atoms with E-state index in [0.717, 1.165) is 24.7 Å². The largest absolute Gasteiger partial charge is 0.455 e. The first kappa shape index (κ1) is 23.8. The van der Waals surface area contributed by atoms with Crippen LogP contribution in [0.4, 0.5) is 10.1 Å². The van der Waals surface area contributed by atoms with Crippen molar-refractivity contribution in [3.05, 3.63) is 53.3 Å². The van der Waals surface area contributed by atoms with Crippen LogP contribution in [0.25, 0.3) is 22.3 Å². The van der Waals surface area contributed by atoms with E-state index in [0.29, 0.717) is 34.1 Å². The Morgan fingerprint density at radius 2 is 1.97 bits per heavy atom. The van der Waals surface area contributed by atoms with Gasteiger partial charge in [0, 0.05) is 37.2 Å². The molecule has 0 spiro atoms. The molecule has 5 rings (SSSR count). The lowest BCUT2D eigenvalue weighted by Gasteiger charge is -2.27. The van der Waals surface area contributed by atoms with Crippen LogP contribution >= 0.6 is 0 Å². The topological polar surface area (TPSA) is 109 Å². The molecule has 1 unspecified atom stereocenters. The van der Waals surface area contributed by atoms with Gasteiger partial charge in [-0.2, -0.15) is 0 Å². The van der Waals surface area contributed by atoms with Gasteiger partial charge in [-0.25, -0.2) is 12.8 Å². The maximum Gasteiger partial charge on any atom is 0.454 e. The van der Waals surface area contributed by atoms with Crippen molar-refractivity contribution < 1.29 is 31.7 Å². The molecule has 3 aromatic rings. The molecule has 184 valence electrons. The molecule has 1 atom stereocenters. The van der Waals surface area contributed by atoms with E-state index in [2.05, 4.69) is 5.32 Å². The molecule has 2 aromatic carbocycles. The molecule has 1 saturated heterocycles. The van der Waals surface area contributed by atoms with Crippen LogP contribution in [0.2, 0.25) is 6.32 Å². The lowest BCUT2D eigenvalue weighted by atomic mass is 9.82. The molecule has 2 aliphatic rings. The highest BCUT2D eigenvalue weighted by Crippen LogP contribution is 2.48. The minimum Gasteiger partial charge on any atom is -0.455 e. The first-order valence-corrected chi connectivity index (χ1v) is 13.4. The van der Waals surface area contributed by atoms with E-state index in [-0.39, 0.29) is 36.7 Å². The second kappa shape index (κ2) is 8.96. The van der Waals surface area contributed by atoms with Crippen molar-refractivity contribution >= 4 is 39.7 Å². The fourth-order valence-electron chi connectivity index (χ4n) is 4.68. The van der Waals surface area contributed by atoms with Crippen molar-refractivity contribution in [3.63, 3.8) is 0 Å². The van der Waals surface area contributed by atoms with Gasteiger partial charge in [-0.1, -0.05) is 0 Å². The van der Waals surface area contributed by atoms with Crippen LogP contribution in [-0.2, 0) is 14.7 Å². The van der Waals surface area contributed by atoms with Crippen molar-refractivity contribution in [2.45, 2.75) is 25.1 Å². The zero-order chi connectivity index (χ0) is 24.9. The number of benzene rings is 2. The van der Waals surface area contributed by atoms with Crippen LogP contribution in [0.5, 0.6) is 0 Å². The Labute approximate surface area is 203 Å². The summed E-state index contributed by atoms with van der Waals surface area (Å²) < 4.78 is 52.1. The minimum atomic E-state index is -3.67. The summed E-state index contributed by atoms with van der Waals surface area (Å²) in [5.41, 5.74) is 2.55. The third-order valence-electron chi connectivity index (χ3n) is 6.57. The number of hydrogen-bond donors (Lipinski definition) is 2. The standard InChI is InChI=1S/C24H26BFN2O6S/c1-27-24(29)22-19-9-18(15-3-4-15)20(28(35(2,31)32)12-14-11-25(30)33-13-14)10-21(19)34-23(22)16-5-7-17(26)8-6-16/h5-10,14-15,30H,3-4,11-13H2,1-2H3,(H,27,29). The summed E-state index contributed by atoms with van der Waals surface area (Å²) in [6, 6.07) is 9.19. The average Bonchev–Trinajstić information content (AvgIpc) is 3.47. The lowest BCUT2D eigenvalue weighted by molar-refractivity contribution is 0.0964. The van der Waals surface area contributed by atoms with Gasteiger partial charge < -0.3 is 19.4 Å². The second-order valence-electron chi connectivity index (χ2n) is 9.26. The number of hydrogen-bond acceptors (Lipinski definition) is 6. The molecular formula is C24H26BFN2O6S. The minimum absolute atomic E-state index is 0.157. The highest BCUT2D eigenvalue weighted by Gasteiger charge is 2.36. The molecule has 1 saturated carbocycles. The van der Waals surface area contributed by atoms with Gasteiger partial charge in [0.15, 0.2) is 0 Å². The number of amides is 1. The van der Waals surface area contributed by atoms with E-state index in [1.54, 1.807) is 6.07 Å². The van der Waals surface area contributed by atoms with E-state index in [9.17, 15) is 22.6 Å². The van der Waals surface area contributed by atoms with Crippen molar-refractivity contribution in [3.8, 4) is 11.3 Å². The quantitative estimate of drug-likeness (QED) is 0.482. The number of halogens is 1. The van der Waals surface area contributed by atoms with E-state index < -0.39 is 23.0 Å². The number of carbonyl (C=O) groups excluding carboxylic acids is 1. The lowest BCUT2D eigenvalue weighted by Crippen LogP contribution is -2.35. The van der Waals surface area contributed by atoms with Crippen LogP contribution < -0.4 is 9.62 Å². The molecule has 35 heavy (non-hydrogen) atoms. The van der Waals surface area contributed by atoms with Gasteiger partial charge in [0.25, 0.3) is 5.91 Å². The predicted molar refractivity (Wildman–Crippen MR) is 131 cm³/mol. The normalized spacial score (nSPS) is 18.3. The Hall–Kier alpha value is -2.89. The SMILES string of the molecule is CNC(=O)c1c(-c2ccc(F)cc2)oc2cc(N(CC3COB(O)C3)S(C)(=O)=O)c(C3CC3)cc12. The molecule has 1 amide bonds. The maximum atomic E-state index is 13.5. The molecule has 2 fully saturated rings. The summed E-state index contributed by atoms with van der Waals surface area (Å²) in [7, 11) is -3.04. The molecule has 1 aliphatic heterocycles. The van der Waals surface area contributed by atoms with E-state index in [4.69, 9.17) is 9.07 Å². The second-order valence-corrected chi connectivity index (χ2v) is 11.2. The Morgan fingerprint density at radius 1 is 1.26 bits per heavy atom. The molecule has 0 bridgehead atoms. The fourth-order valence-corrected chi connectivity index (χ4v) is 5.68. The van der Waals surface area contributed by atoms with Crippen molar-refractivity contribution in [2.75, 3.05) is 30.8 Å². The van der Waals surface area contributed by atoms with Crippen LogP contribution in [-0.4, -0.2) is 52.9 Å². The Kier molecular flexibility index (Phi) is 6.10. The molecule has 11 heteroatoms. The third kappa shape index (κ3) is 4.67. The molecule has 2 N–H and O–H groups in total. The highest BCUT2D eigenvalue weighted by molar-refractivity contribution is 7.92. The summed E-state index contributed by atoms with van der Waals surface area (Å²) in [5.74, 6) is -0.457. The zero-order valence-electron chi connectivity index (χ0n) is 19.5. The van der Waals surface area contributed by atoms with Gasteiger partial charge in [-0.15, -0.1) is 0 Å². The predicted octanol–water partition coefficient (Wildman–Crippen LogP) is 3.37. The summed E-state index contributed by atoms with van der Waals surface area (Å²) in [5, 5.41) is 13.0. The smallest absolute Gasteiger partial charge is 0.454 e. The number of nitrogens with one attached hydrogen (secondary N) is 1. The van der Waals surface area contributed by atoms with Crippen LogP contribution in [0.15, 0.2) is 40.8 Å². The van der Waals surface area contributed by atoms with Gasteiger partial charge in [0.1, 0.15) is 17.2 Å². The highest BCUT2D eigenvalue weighted by atomic mass is 32.2. The van der Waals surface area contributed by atoms with Crippen molar-refractivity contribution in [1.29, 1.82) is 0 Å². The number of rotatable bonds is 7. The van der Waals surface area contributed by atoms with E-state index in [1.807, 2.05) is 6.07 Å². The Bertz CT molecular complexity index is 1390. The van der Waals surface area contributed by atoms with Crippen molar-refractivity contribution in [1.82, 2.24) is 5.32 Å². The summed E-state index contributed by atoms with van der Waals surface area (Å²) >= 11 is 0.